The van der Waals surface area contributed by atoms with Crippen LogP contribution in [-0.2, 0) is 0 Å². The number of aromatic nitrogens is 1. The van der Waals surface area contributed by atoms with Crippen LogP contribution in [0.3, 0.4) is 0 Å². The van der Waals surface area contributed by atoms with E-state index in [2.05, 4.69) is 4.99 Å². The van der Waals surface area contributed by atoms with Crippen LogP contribution in [0.5, 0.6) is 0 Å². The second-order valence-corrected chi connectivity index (χ2v) is 6.00. The van der Waals surface area contributed by atoms with Gasteiger partial charge in [0.15, 0.2) is 0 Å². The van der Waals surface area contributed by atoms with Crippen molar-refractivity contribution in [2.75, 3.05) is 0 Å². The smallest absolute Gasteiger partial charge is 0.267 e. The summed E-state index contributed by atoms with van der Waals surface area (Å²) in [7, 11) is 0. The molecule has 0 radical (unpaired) electrons. The first-order valence-corrected chi connectivity index (χ1v) is 7.51. The fourth-order valence-corrected chi connectivity index (χ4v) is 2.86. The Balaban J connectivity index is 2.08. The van der Waals surface area contributed by atoms with Crippen LogP contribution >= 0.6 is 22.9 Å². The third kappa shape index (κ3) is 3.12. The van der Waals surface area contributed by atoms with Crippen molar-refractivity contribution in [3.63, 3.8) is 0 Å². The number of halogens is 1. The molecule has 0 bridgehead atoms. The van der Waals surface area contributed by atoms with E-state index in [0.717, 1.165) is 5.69 Å². The van der Waals surface area contributed by atoms with Crippen LogP contribution in [0.25, 0.3) is 0 Å². The highest BCUT2D eigenvalue weighted by Crippen LogP contribution is 2.21. The SMILES string of the molecule is O=C(c1ccc(Cl)s1)n1ccccc1=Nc1ccccc1. The quantitative estimate of drug-likeness (QED) is 0.700. The molecular formula is C16H11ClN2OS. The van der Waals surface area contributed by atoms with E-state index < -0.39 is 0 Å². The van der Waals surface area contributed by atoms with Crippen molar-refractivity contribution < 1.29 is 4.79 Å². The molecule has 2 aromatic heterocycles. The molecule has 5 heteroatoms. The topological polar surface area (TPSA) is 34.4 Å². The average molecular weight is 315 g/mol. The fraction of sp³-hybridized carbons (Fsp3) is 0. The van der Waals surface area contributed by atoms with Gasteiger partial charge in [0, 0.05) is 6.20 Å². The molecule has 0 fully saturated rings. The number of pyridine rings is 1. The van der Waals surface area contributed by atoms with Gasteiger partial charge in [-0.1, -0.05) is 35.9 Å². The lowest BCUT2D eigenvalue weighted by Gasteiger charge is -2.04. The summed E-state index contributed by atoms with van der Waals surface area (Å²) in [5.41, 5.74) is 1.38. The molecule has 104 valence electrons. The highest BCUT2D eigenvalue weighted by Gasteiger charge is 2.11. The first kappa shape index (κ1) is 13.8. The molecule has 0 aliphatic rings. The van der Waals surface area contributed by atoms with Gasteiger partial charge in [-0.05, 0) is 36.4 Å². The monoisotopic (exact) mass is 314 g/mol. The summed E-state index contributed by atoms with van der Waals surface area (Å²) in [5, 5.41) is 0. The number of hydrogen-bond donors (Lipinski definition) is 0. The minimum absolute atomic E-state index is 0.137. The number of carbonyl (C=O) groups is 1. The van der Waals surface area contributed by atoms with Crippen LogP contribution in [0, 0.1) is 0 Å². The van der Waals surface area contributed by atoms with E-state index in [-0.39, 0.29) is 5.91 Å². The summed E-state index contributed by atoms with van der Waals surface area (Å²) in [6, 6.07) is 18.4. The number of thiophene rings is 1. The standard InChI is InChI=1S/C16H11ClN2OS/c17-14-10-9-13(21-14)16(20)19-11-5-4-8-15(19)18-12-6-2-1-3-7-12/h1-11H. The van der Waals surface area contributed by atoms with E-state index in [0.29, 0.717) is 14.7 Å². The molecule has 0 saturated heterocycles. The molecule has 0 spiro atoms. The molecule has 0 atom stereocenters. The minimum Gasteiger partial charge on any atom is -0.267 e. The van der Waals surface area contributed by atoms with Crippen LogP contribution in [0.4, 0.5) is 5.69 Å². The van der Waals surface area contributed by atoms with Gasteiger partial charge < -0.3 is 0 Å². The molecule has 3 aromatic rings. The average Bonchev–Trinajstić information content (AvgIpc) is 2.95. The Labute approximate surface area is 130 Å². The third-order valence-corrected chi connectivity index (χ3v) is 4.06. The van der Waals surface area contributed by atoms with Crippen LogP contribution in [0.2, 0.25) is 4.34 Å². The van der Waals surface area contributed by atoms with Crippen molar-refractivity contribution in [2.45, 2.75) is 0 Å². The lowest BCUT2D eigenvalue weighted by molar-refractivity contribution is 0.0959. The second kappa shape index (κ2) is 6.08. The van der Waals surface area contributed by atoms with Crippen LogP contribution in [0.1, 0.15) is 9.67 Å². The predicted octanol–water partition coefficient (Wildman–Crippen LogP) is 4.12. The maximum absolute atomic E-state index is 12.5. The molecule has 0 saturated carbocycles. The minimum atomic E-state index is -0.137. The Morgan fingerprint density at radius 1 is 1.00 bits per heavy atom. The third-order valence-electron chi connectivity index (χ3n) is 2.84. The largest absolute Gasteiger partial charge is 0.273 e. The molecule has 0 unspecified atom stereocenters. The van der Waals surface area contributed by atoms with Gasteiger partial charge in [-0.2, -0.15) is 0 Å². The van der Waals surface area contributed by atoms with Crippen LogP contribution < -0.4 is 5.49 Å². The summed E-state index contributed by atoms with van der Waals surface area (Å²) >= 11 is 7.15. The van der Waals surface area contributed by atoms with Crippen molar-refractivity contribution in [3.05, 3.63) is 81.6 Å². The zero-order valence-electron chi connectivity index (χ0n) is 10.9. The molecular weight excluding hydrogens is 304 g/mol. The van der Waals surface area contributed by atoms with Crippen LogP contribution in [-0.4, -0.2) is 10.5 Å². The van der Waals surface area contributed by atoms with E-state index in [1.165, 1.54) is 15.9 Å². The molecule has 0 N–H and O–H groups in total. The van der Waals surface area contributed by atoms with Gasteiger partial charge in [0.05, 0.1) is 14.9 Å². The van der Waals surface area contributed by atoms with Crippen molar-refractivity contribution in [1.29, 1.82) is 0 Å². The Morgan fingerprint density at radius 2 is 1.76 bits per heavy atom. The first-order valence-electron chi connectivity index (χ1n) is 6.31. The number of para-hydroxylation sites is 1. The molecule has 2 heterocycles. The van der Waals surface area contributed by atoms with Gasteiger partial charge in [-0.15, -0.1) is 11.3 Å². The van der Waals surface area contributed by atoms with Gasteiger partial charge in [0.2, 0.25) is 0 Å². The Kier molecular flexibility index (Phi) is 3.99. The van der Waals surface area contributed by atoms with Crippen molar-refractivity contribution >= 4 is 34.5 Å². The van der Waals surface area contributed by atoms with E-state index in [4.69, 9.17) is 11.6 Å². The summed E-state index contributed by atoms with van der Waals surface area (Å²) in [6.45, 7) is 0. The van der Waals surface area contributed by atoms with E-state index in [1.54, 1.807) is 30.5 Å². The molecule has 21 heavy (non-hydrogen) atoms. The van der Waals surface area contributed by atoms with Crippen molar-refractivity contribution in [2.24, 2.45) is 4.99 Å². The highest BCUT2D eigenvalue weighted by atomic mass is 35.5. The molecule has 0 aliphatic heterocycles. The van der Waals surface area contributed by atoms with Crippen molar-refractivity contribution in [3.8, 4) is 0 Å². The molecule has 1 aromatic carbocycles. The normalized spacial score (nSPS) is 11.6. The first-order chi connectivity index (χ1) is 10.2. The molecule has 3 rings (SSSR count). The van der Waals surface area contributed by atoms with Gasteiger partial charge in [-0.3, -0.25) is 9.36 Å². The summed E-state index contributed by atoms with van der Waals surface area (Å²) < 4.78 is 2.12. The highest BCUT2D eigenvalue weighted by molar-refractivity contribution is 7.18. The zero-order valence-corrected chi connectivity index (χ0v) is 12.5. The van der Waals surface area contributed by atoms with Gasteiger partial charge >= 0.3 is 0 Å². The van der Waals surface area contributed by atoms with Crippen molar-refractivity contribution in [1.82, 2.24) is 4.57 Å². The molecule has 0 amide bonds. The summed E-state index contributed by atoms with van der Waals surface area (Å²) in [6.07, 6.45) is 1.71. The summed E-state index contributed by atoms with van der Waals surface area (Å²) in [5.74, 6) is -0.137. The predicted molar refractivity (Wildman–Crippen MR) is 85.2 cm³/mol. The van der Waals surface area contributed by atoms with Gasteiger partial charge in [0.1, 0.15) is 5.49 Å². The number of benzene rings is 1. The maximum Gasteiger partial charge on any atom is 0.273 e. The maximum atomic E-state index is 12.5. The Morgan fingerprint density at radius 3 is 2.48 bits per heavy atom. The zero-order chi connectivity index (χ0) is 14.7. The number of nitrogens with zero attached hydrogens (tertiary/aromatic N) is 2. The molecule has 0 aliphatic carbocycles. The fourth-order valence-electron chi connectivity index (χ4n) is 1.88. The van der Waals surface area contributed by atoms with E-state index in [9.17, 15) is 4.79 Å². The summed E-state index contributed by atoms with van der Waals surface area (Å²) in [4.78, 5) is 17.6. The lowest BCUT2D eigenvalue weighted by atomic mass is 10.3. The van der Waals surface area contributed by atoms with Crippen LogP contribution in [0.15, 0.2) is 71.9 Å². The lowest BCUT2D eigenvalue weighted by Crippen LogP contribution is -2.26. The van der Waals surface area contributed by atoms with E-state index in [1.807, 2.05) is 36.4 Å². The number of hydrogen-bond acceptors (Lipinski definition) is 3. The Hall–Kier alpha value is -2.17. The molecule has 3 nitrogen and oxygen atoms in total. The number of rotatable bonds is 2. The Bertz CT molecular complexity index is 836. The van der Waals surface area contributed by atoms with Gasteiger partial charge in [0.25, 0.3) is 5.91 Å². The van der Waals surface area contributed by atoms with E-state index >= 15 is 0 Å². The number of carbonyl (C=O) groups excluding carboxylic acids is 1. The van der Waals surface area contributed by atoms with Gasteiger partial charge in [-0.25, -0.2) is 4.99 Å². The second-order valence-electron chi connectivity index (χ2n) is 4.29.